The van der Waals surface area contributed by atoms with Crippen molar-refractivity contribution in [3.63, 3.8) is 0 Å². The Bertz CT molecular complexity index is 384. The van der Waals surface area contributed by atoms with Crippen molar-refractivity contribution in [2.24, 2.45) is 0 Å². The molecular formula is C12H16O6S. The predicted octanol–water partition coefficient (Wildman–Crippen LogP) is 0.254. The van der Waals surface area contributed by atoms with Crippen LogP contribution in [0.4, 0.5) is 0 Å². The van der Waals surface area contributed by atoms with Gasteiger partial charge in [0.15, 0.2) is 0 Å². The number of hydrogen-bond acceptors (Lipinski definition) is 5. The molecule has 1 aliphatic heterocycles. The highest BCUT2D eigenvalue weighted by Crippen LogP contribution is 2.52. The molecule has 0 radical (unpaired) electrons. The lowest BCUT2D eigenvalue weighted by Crippen LogP contribution is -2.61. The number of rotatable bonds is 6. The standard InChI is InChI=1S/C12H16O6S/c1-3-5-11(17)7(9(13)14)19-8(10(15)16)12(11,18)6-4-2/h3-4,7-8,17-18H,1-2,5-6H2,(H,13,14)(H,15,16). The van der Waals surface area contributed by atoms with Crippen LogP contribution in [0.3, 0.4) is 0 Å². The molecule has 6 nitrogen and oxygen atoms in total. The molecule has 1 fully saturated rings. The molecule has 4 unspecified atom stereocenters. The summed E-state index contributed by atoms with van der Waals surface area (Å²) in [5.41, 5.74) is -4.22. The summed E-state index contributed by atoms with van der Waals surface area (Å²) >= 11 is 0.526. The van der Waals surface area contributed by atoms with E-state index in [1.165, 1.54) is 12.2 Å². The van der Waals surface area contributed by atoms with Crippen molar-refractivity contribution in [3.8, 4) is 0 Å². The Morgan fingerprint density at radius 2 is 1.32 bits per heavy atom. The van der Waals surface area contributed by atoms with Crippen LogP contribution in [0.25, 0.3) is 0 Å². The first-order valence-electron chi connectivity index (χ1n) is 5.52. The van der Waals surface area contributed by atoms with Gasteiger partial charge < -0.3 is 20.4 Å². The normalized spacial score (nSPS) is 37.8. The number of hydrogen-bond donors (Lipinski definition) is 4. The molecule has 0 aromatic rings. The third-order valence-corrected chi connectivity index (χ3v) is 4.98. The van der Waals surface area contributed by atoms with Crippen molar-refractivity contribution >= 4 is 23.7 Å². The van der Waals surface area contributed by atoms with Gasteiger partial charge in [0, 0.05) is 0 Å². The van der Waals surface area contributed by atoms with Crippen LogP contribution in [0.15, 0.2) is 25.3 Å². The van der Waals surface area contributed by atoms with E-state index in [2.05, 4.69) is 13.2 Å². The van der Waals surface area contributed by atoms with Crippen LogP contribution >= 0.6 is 11.8 Å². The Balaban J connectivity index is 3.38. The molecule has 1 aliphatic rings. The zero-order valence-corrected chi connectivity index (χ0v) is 11.0. The fourth-order valence-electron chi connectivity index (χ4n) is 2.35. The van der Waals surface area contributed by atoms with Gasteiger partial charge in [-0.2, -0.15) is 0 Å². The van der Waals surface area contributed by atoms with Gasteiger partial charge in [-0.25, -0.2) is 0 Å². The van der Waals surface area contributed by atoms with Crippen LogP contribution in [-0.4, -0.2) is 54.1 Å². The Hall–Kier alpha value is -1.31. The van der Waals surface area contributed by atoms with Crippen LogP contribution in [-0.2, 0) is 9.59 Å². The molecule has 4 atom stereocenters. The second-order valence-electron chi connectivity index (χ2n) is 4.41. The molecule has 1 saturated heterocycles. The highest BCUT2D eigenvalue weighted by Gasteiger charge is 2.68. The number of aliphatic carboxylic acids is 2. The van der Waals surface area contributed by atoms with Crippen molar-refractivity contribution in [1.82, 2.24) is 0 Å². The lowest BCUT2D eigenvalue weighted by atomic mass is 9.73. The molecule has 0 aliphatic carbocycles. The monoisotopic (exact) mass is 288 g/mol. The van der Waals surface area contributed by atoms with Gasteiger partial charge in [-0.05, 0) is 12.8 Å². The van der Waals surface area contributed by atoms with E-state index in [4.69, 9.17) is 10.2 Å². The summed E-state index contributed by atoms with van der Waals surface area (Å²) in [7, 11) is 0. The summed E-state index contributed by atoms with van der Waals surface area (Å²) in [5, 5.41) is 36.5. The summed E-state index contributed by atoms with van der Waals surface area (Å²) in [4.78, 5) is 22.4. The summed E-state index contributed by atoms with van der Waals surface area (Å²) in [6.07, 6.45) is 2.06. The predicted molar refractivity (Wildman–Crippen MR) is 70.0 cm³/mol. The van der Waals surface area contributed by atoms with Gasteiger partial charge in [0.1, 0.15) is 21.7 Å². The molecular weight excluding hydrogens is 272 g/mol. The molecule has 4 N–H and O–H groups in total. The van der Waals surface area contributed by atoms with Gasteiger partial charge in [-0.3, -0.25) is 9.59 Å². The van der Waals surface area contributed by atoms with Crippen molar-refractivity contribution in [3.05, 3.63) is 25.3 Å². The number of thioether (sulfide) groups is 1. The third-order valence-electron chi connectivity index (χ3n) is 3.25. The third kappa shape index (κ3) is 2.29. The van der Waals surface area contributed by atoms with Gasteiger partial charge in [0.25, 0.3) is 0 Å². The van der Waals surface area contributed by atoms with E-state index in [9.17, 15) is 19.8 Å². The summed E-state index contributed by atoms with van der Waals surface area (Å²) in [6, 6.07) is 0. The summed E-state index contributed by atoms with van der Waals surface area (Å²) in [5.74, 6) is -2.75. The van der Waals surface area contributed by atoms with E-state index < -0.39 is 33.6 Å². The maximum absolute atomic E-state index is 11.2. The molecule has 1 heterocycles. The van der Waals surface area contributed by atoms with Crippen LogP contribution in [0, 0.1) is 0 Å². The smallest absolute Gasteiger partial charge is 0.319 e. The number of carbonyl (C=O) groups is 2. The van der Waals surface area contributed by atoms with E-state index in [0.717, 1.165) is 0 Å². The minimum Gasteiger partial charge on any atom is -0.480 e. The maximum atomic E-state index is 11.2. The minimum absolute atomic E-state index is 0.231. The van der Waals surface area contributed by atoms with E-state index in [1.807, 2.05) is 0 Å². The van der Waals surface area contributed by atoms with E-state index in [1.54, 1.807) is 0 Å². The van der Waals surface area contributed by atoms with E-state index in [-0.39, 0.29) is 12.8 Å². The summed E-state index contributed by atoms with van der Waals surface area (Å²) in [6.45, 7) is 6.82. The fourth-order valence-corrected chi connectivity index (χ4v) is 3.90. The first-order chi connectivity index (χ1) is 8.74. The number of aliphatic hydroxyl groups is 2. The Labute approximate surface area is 114 Å². The lowest BCUT2D eigenvalue weighted by Gasteiger charge is -2.39. The van der Waals surface area contributed by atoms with Crippen LogP contribution in [0.2, 0.25) is 0 Å². The zero-order chi connectivity index (χ0) is 14.8. The van der Waals surface area contributed by atoms with Gasteiger partial charge in [-0.1, -0.05) is 12.2 Å². The lowest BCUT2D eigenvalue weighted by molar-refractivity contribution is -0.170. The highest BCUT2D eigenvalue weighted by molar-refractivity contribution is 8.02. The Morgan fingerprint density at radius 1 is 1.00 bits per heavy atom. The van der Waals surface area contributed by atoms with Crippen LogP contribution < -0.4 is 0 Å². The van der Waals surface area contributed by atoms with Crippen LogP contribution in [0.5, 0.6) is 0 Å². The minimum atomic E-state index is -2.11. The Kier molecular flexibility index (Phi) is 4.44. The second-order valence-corrected chi connectivity index (χ2v) is 5.62. The molecule has 1 rings (SSSR count). The molecule has 0 spiro atoms. The molecule has 0 amide bonds. The average Bonchev–Trinajstić information content (AvgIpc) is 2.49. The number of carboxylic acid groups (broad SMARTS) is 2. The SMILES string of the molecule is C=CCC1(O)C(C(=O)O)SC(C(=O)O)C1(O)CC=C. The molecule has 106 valence electrons. The first-order valence-corrected chi connectivity index (χ1v) is 6.46. The molecule has 0 bridgehead atoms. The molecule has 0 aromatic heterocycles. The van der Waals surface area contributed by atoms with Crippen molar-refractivity contribution in [2.45, 2.75) is 34.5 Å². The van der Waals surface area contributed by atoms with E-state index in [0.29, 0.717) is 11.8 Å². The second kappa shape index (κ2) is 5.36. The maximum Gasteiger partial charge on any atom is 0.319 e. The van der Waals surface area contributed by atoms with Gasteiger partial charge in [0.2, 0.25) is 0 Å². The van der Waals surface area contributed by atoms with Crippen LogP contribution in [0.1, 0.15) is 12.8 Å². The molecule has 0 aromatic carbocycles. The first kappa shape index (κ1) is 15.7. The largest absolute Gasteiger partial charge is 0.480 e. The topological polar surface area (TPSA) is 115 Å². The fraction of sp³-hybridized carbons (Fsp3) is 0.500. The van der Waals surface area contributed by atoms with E-state index >= 15 is 0 Å². The van der Waals surface area contributed by atoms with Crippen molar-refractivity contribution in [1.29, 1.82) is 0 Å². The van der Waals surface area contributed by atoms with Crippen molar-refractivity contribution in [2.75, 3.05) is 0 Å². The number of carboxylic acids is 2. The summed E-state index contributed by atoms with van der Waals surface area (Å²) < 4.78 is 0. The zero-order valence-electron chi connectivity index (χ0n) is 10.2. The van der Waals surface area contributed by atoms with Gasteiger partial charge in [0.05, 0.1) is 0 Å². The molecule has 0 saturated carbocycles. The van der Waals surface area contributed by atoms with Crippen molar-refractivity contribution < 1.29 is 30.0 Å². The molecule has 19 heavy (non-hydrogen) atoms. The van der Waals surface area contributed by atoms with Gasteiger partial charge in [-0.15, -0.1) is 24.9 Å². The molecule has 7 heteroatoms. The quantitative estimate of drug-likeness (QED) is 0.518. The van der Waals surface area contributed by atoms with Gasteiger partial charge >= 0.3 is 11.9 Å². The highest BCUT2D eigenvalue weighted by atomic mass is 32.2. The Morgan fingerprint density at radius 3 is 1.53 bits per heavy atom. The average molecular weight is 288 g/mol.